The first-order valence-corrected chi connectivity index (χ1v) is 9.01. The molecule has 0 bridgehead atoms. The molecule has 152 valence electrons. The molecule has 0 radical (unpaired) electrons. The van der Waals surface area contributed by atoms with Gasteiger partial charge in [0.1, 0.15) is 5.75 Å². The Morgan fingerprint density at radius 3 is 2.55 bits per heavy atom. The smallest absolute Gasteiger partial charge is 0.264 e. The number of ether oxygens (including phenoxy) is 3. The minimum Gasteiger partial charge on any atom is -0.493 e. The summed E-state index contributed by atoms with van der Waals surface area (Å²) in [5, 5.41) is 2.74. The monoisotopic (exact) mass is 398 g/mol. The van der Waals surface area contributed by atoms with E-state index in [1.807, 2.05) is 0 Å². The topological polar surface area (TPSA) is 94.2 Å². The molecular weight excluding hydrogens is 376 g/mol. The number of anilines is 2. The second-order valence-electron chi connectivity index (χ2n) is 6.47. The van der Waals surface area contributed by atoms with Crippen LogP contribution in [0.3, 0.4) is 0 Å². The maximum atomic E-state index is 12.5. The zero-order valence-corrected chi connectivity index (χ0v) is 16.5. The van der Waals surface area contributed by atoms with Gasteiger partial charge in [-0.05, 0) is 30.3 Å². The Labute approximate surface area is 168 Å². The van der Waals surface area contributed by atoms with Crippen LogP contribution in [-0.4, -0.2) is 45.5 Å². The van der Waals surface area contributed by atoms with E-state index in [1.165, 1.54) is 19.1 Å². The fourth-order valence-electron chi connectivity index (χ4n) is 2.95. The molecule has 1 aliphatic rings. The third-order valence-electron chi connectivity index (χ3n) is 4.61. The van der Waals surface area contributed by atoms with E-state index >= 15 is 0 Å². The van der Waals surface area contributed by atoms with Crippen molar-refractivity contribution in [2.75, 3.05) is 38.1 Å². The number of hydrogen-bond acceptors (Lipinski definition) is 6. The molecule has 0 spiro atoms. The average Bonchev–Trinajstić information content (AvgIpc) is 2.74. The highest BCUT2D eigenvalue weighted by Gasteiger charge is 2.23. The van der Waals surface area contributed by atoms with Gasteiger partial charge < -0.3 is 24.4 Å². The van der Waals surface area contributed by atoms with Crippen LogP contribution in [0, 0.1) is 0 Å². The SMILES string of the molecule is COc1ccc(NC(=O)CCC(=O)c2ccc3c(c2)N(C)C(=O)CO3)cc1OC. The van der Waals surface area contributed by atoms with Crippen LogP contribution < -0.4 is 24.4 Å². The van der Waals surface area contributed by atoms with E-state index in [0.717, 1.165) is 0 Å². The lowest BCUT2D eigenvalue weighted by atomic mass is 10.0. The molecule has 2 aromatic rings. The maximum Gasteiger partial charge on any atom is 0.264 e. The molecule has 1 N–H and O–H groups in total. The van der Waals surface area contributed by atoms with E-state index in [4.69, 9.17) is 14.2 Å². The van der Waals surface area contributed by atoms with Crippen LogP contribution in [-0.2, 0) is 9.59 Å². The van der Waals surface area contributed by atoms with Crippen molar-refractivity contribution in [1.29, 1.82) is 0 Å². The summed E-state index contributed by atoms with van der Waals surface area (Å²) in [4.78, 5) is 37.9. The molecule has 0 fully saturated rings. The van der Waals surface area contributed by atoms with Gasteiger partial charge in [-0.2, -0.15) is 0 Å². The van der Waals surface area contributed by atoms with Gasteiger partial charge in [0.15, 0.2) is 23.9 Å². The number of methoxy groups -OCH3 is 2. The number of benzene rings is 2. The van der Waals surface area contributed by atoms with Gasteiger partial charge >= 0.3 is 0 Å². The van der Waals surface area contributed by atoms with Crippen LogP contribution in [0.15, 0.2) is 36.4 Å². The molecule has 0 unspecified atom stereocenters. The number of ketones is 1. The molecule has 0 saturated heterocycles. The quantitative estimate of drug-likeness (QED) is 0.721. The lowest BCUT2D eigenvalue weighted by Gasteiger charge is -2.26. The second-order valence-corrected chi connectivity index (χ2v) is 6.47. The molecular formula is C21H22N2O6. The van der Waals surface area contributed by atoms with Gasteiger partial charge in [-0.3, -0.25) is 14.4 Å². The second kappa shape index (κ2) is 8.64. The van der Waals surface area contributed by atoms with Crippen LogP contribution in [0.2, 0.25) is 0 Å². The summed E-state index contributed by atoms with van der Waals surface area (Å²) in [5.41, 5.74) is 1.51. The Morgan fingerprint density at radius 1 is 1.07 bits per heavy atom. The number of fused-ring (bicyclic) bond motifs is 1. The molecule has 1 heterocycles. The fraction of sp³-hybridized carbons (Fsp3) is 0.286. The summed E-state index contributed by atoms with van der Waals surface area (Å²) in [5.74, 6) is 0.934. The summed E-state index contributed by atoms with van der Waals surface area (Å²) in [6.45, 7) is -0.0207. The van der Waals surface area contributed by atoms with E-state index in [-0.39, 0.29) is 37.0 Å². The average molecular weight is 398 g/mol. The molecule has 0 aliphatic carbocycles. The number of amides is 2. The summed E-state index contributed by atoms with van der Waals surface area (Å²) < 4.78 is 15.7. The van der Waals surface area contributed by atoms with Gasteiger partial charge in [-0.25, -0.2) is 0 Å². The molecule has 2 amide bonds. The van der Waals surface area contributed by atoms with Gasteiger partial charge in [-0.1, -0.05) is 0 Å². The molecule has 8 heteroatoms. The van der Waals surface area contributed by atoms with Crippen molar-refractivity contribution in [2.45, 2.75) is 12.8 Å². The van der Waals surface area contributed by atoms with E-state index in [0.29, 0.717) is 34.2 Å². The maximum absolute atomic E-state index is 12.5. The van der Waals surface area contributed by atoms with Gasteiger partial charge in [-0.15, -0.1) is 0 Å². The zero-order chi connectivity index (χ0) is 21.0. The highest BCUT2D eigenvalue weighted by Crippen LogP contribution is 2.32. The number of rotatable bonds is 7. The van der Waals surface area contributed by atoms with E-state index < -0.39 is 0 Å². The van der Waals surface area contributed by atoms with E-state index in [9.17, 15) is 14.4 Å². The van der Waals surface area contributed by atoms with Crippen LogP contribution in [0.5, 0.6) is 17.2 Å². The standard InChI is InChI=1S/C21H22N2O6/c1-23-15-10-13(4-7-17(15)29-12-21(23)26)16(24)6-9-20(25)22-14-5-8-18(27-2)19(11-14)28-3/h4-5,7-8,10-11H,6,9,12H2,1-3H3,(H,22,25). The van der Waals surface area contributed by atoms with Gasteiger partial charge in [0.25, 0.3) is 5.91 Å². The van der Waals surface area contributed by atoms with Crippen molar-refractivity contribution >= 4 is 29.0 Å². The predicted molar refractivity (Wildman–Crippen MR) is 107 cm³/mol. The van der Waals surface area contributed by atoms with Crippen molar-refractivity contribution < 1.29 is 28.6 Å². The van der Waals surface area contributed by atoms with Gasteiger partial charge in [0.2, 0.25) is 5.91 Å². The highest BCUT2D eigenvalue weighted by atomic mass is 16.5. The predicted octanol–water partition coefficient (Wildman–Crippen LogP) is 2.66. The number of nitrogens with zero attached hydrogens (tertiary/aromatic N) is 1. The fourth-order valence-corrected chi connectivity index (χ4v) is 2.95. The van der Waals surface area contributed by atoms with Crippen molar-refractivity contribution in [3.63, 3.8) is 0 Å². The van der Waals surface area contributed by atoms with E-state index in [1.54, 1.807) is 43.4 Å². The normalized spacial score (nSPS) is 12.7. The van der Waals surface area contributed by atoms with Crippen LogP contribution in [0.4, 0.5) is 11.4 Å². The first-order chi connectivity index (χ1) is 13.9. The van der Waals surface area contributed by atoms with Crippen molar-refractivity contribution in [3.05, 3.63) is 42.0 Å². The molecule has 2 aromatic carbocycles. The minimum absolute atomic E-state index is 0.0207. The number of carbonyl (C=O) groups is 3. The number of Topliss-reactive ketones (excluding diaryl/α,β-unsaturated/α-hetero) is 1. The van der Waals surface area contributed by atoms with Crippen LogP contribution >= 0.6 is 0 Å². The first-order valence-electron chi connectivity index (χ1n) is 9.01. The molecule has 0 aromatic heterocycles. The van der Waals surface area contributed by atoms with E-state index in [2.05, 4.69) is 5.32 Å². The van der Waals surface area contributed by atoms with Crippen molar-refractivity contribution in [2.24, 2.45) is 0 Å². The Morgan fingerprint density at radius 2 is 1.83 bits per heavy atom. The molecule has 0 saturated carbocycles. The third-order valence-corrected chi connectivity index (χ3v) is 4.61. The summed E-state index contributed by atoms with van der Waals surface area (Å²) in [6, 6.07) is 9.94. The number of carbonyl (C=O) groups excluding carboxylic acids is 3. The third kappa shape index (κ3) is 4.48. The molecule has 8 nitrogen and oxygen atoms in total. The Kier molecular flexibility index (Phi) is 6.01. The number of likely N-dealkylation sites (N-methyl/N-ethyl adjacent to an activating group) is 1. The van der Waals surface area contributed by atoms with Crippen molar-refractivity contribution in [3.8, 4) is 17.2 Å². The lowest BCUT2D eigenvalue weighted by Crippen LogP contribution is -2.35. The largest absolute Gasteiger partial charge is 0.493 e. The number of nitrogens with one attached hydrogen (secondary N) is 1. The summed E-state index contributed by atoms with van der Waals surface area (Å²) in [7, 11) is 4.67. The van der Waals surface area contributed by atoms with Crippen molar-refractivity contribution in [1.82, 2.24) is 0 Å². The molecule has 1 aliphatic heterocycles. The zero-order valence-electron chi connectivity index (χ0n) is 16.5. The summed E-state index contributed by atoms with van der Waals surface area (Å²) in [6.07, 6.45) is 0.0615. The first kappa shape index (κ1) is 20.2. The van der Waals surface area contributed by atoms with Gasteiger partial charge in [0, 0.05) is 37.2 Å². The summed E-state index contributed by atoms with van der Waals surface area (Å²) >= 11 is 0. The highest BCUT2D eigenvalue weighted by molar-refractivity contribution is 6.03. The molecule has 29 heavy (non-hydrogen) atoms. The Bertz CT molecular complexity index is 956. The Hall–Kier alpha value is -3.55. The van der Waals surface area contributed by atoms with Crippen LogP contribution in [0.1, 0.15) is 23.2 Å². The molecule has 0 atom stereocenters. The lowest BCUT2D eigenvalue weighted by molar-refractivity contribution is -0.121. The number of hydrogen-bond donors (Lipinski definition) is 1. The Balaban J connectivity index is 1.61. The molecule has 3 rings (SSSR count). The minimum atomic E-state index is -0.292. The van der Waals surface area contributed by atoms with Crippen LogP contribution in [0.25, 0.3) is 0 Å². The van der Waals surface area contributed by atoms with Gasteiger partial charge in [0.05, 0.1) is 19.9 Å².